The second-order valence-corrected chi connectivity index (χ2v) is 11.0. The number of halogens is 2. The van der Waals surface area contributed by atoms with Crippen molar-refractivity contribution < 1.29 is 13.2 Å². The fourth-order valence-corrected chi connectivity index (χ4v) is 5.92. The molecule has 0 heterocycles. The molecule has 0 aliphatic rings. The van der Waals surface area contributed by atoms with Crippen molar-refractivity contribution in [1.82, 2.24) is 5.32 Å². The Kier molecular flexibility index (Phi) is 8.70. The summed E-state index contributed by atoms with van der Waals surface area (Å²) in [6.07, 6.45) is 0. The average Bonchev–Trinajstić information content (AvgIpc) is 2.76. The zero-order valence-electron chi connectivity index (χ0n) is 18.2. The maximum absolute atomic E-state index is 13.0. The highest BCUT2D eigenvalue weighted by molar-refractivity contribution is 7.98. The van der Waals surface area contributed by atoms with Crippen LogP contribution in [-0.2, 0) is 15.8 Å². The minimum atomic E-state index is -3.98. The molecule has 0 atom stereocenters. The van der Waals surface area contributed by atoms with E-state index in [1.165, 1.54) is 18.2 Å². The standard InChI is InChI=1S/C24H24Cl2N2O3S2/c1-16-7-10-22(17(2)13-16)28-33(30,31)23-14-18(8-9-21(23)26)24(29)27-11-12-32-15-19-5-3-4-6-20(19)25/h3-10,13-14,28H,11-12,15H2,1-2H3,(H,27,29). The van der Waals surface area contributed by atoms with Gasteiger partial charge >= 0.3 is 0 Å². The van der Waals surface area contributed by atoms with Gasteiger partial charge in [0.15, 0.2) is 0 Å². The van der Waals surface area contributed by atoms with Gasteiger partial charge in [-0.15, -0.1) is 0 Å². The largest absolute Gasteiger partial charge is 0.351 e. The fourth-order valence-electron chi connectivity index (χ4n) is 3.11. The fraction of sp³-hybridized carbons (Fsp3) is 0.208. The van der Waals surface area contributed by atoms with Crippen molar-refractivity contribution in [3.05, 3.63) is 93.0 Å². The number of carbonyl (C=O) groups is 1. The molecule has 33 heavy (non-hydrogen) atoms. The second kappa shape index (κ2) is 11.3. The van der Waals surface area contributed by atoms with Gasteiger partial charge in [0.25, 0.3) is 15.9 Å². The van der Waals surface area contributed by atoms with E-state index in [-0.39, 0.29) is 21.4 Å². The number of thioether (sulfide) groups is 1. The molecule has 0 fully saturated rings. The normalized spacial score (nSPS) is 11.3. The Morgan fingerprint density at radius 2 is 1.73 bits per heavy atom. The van der Waals surface area contributed by atoms with Crippen LogP contribution >= 0.6 is 35.0 Å². The maximum Gasteiger partial charge on any atom is 0.263 e. The Balaban J connectivity index is 1.62. The van der Waals surface area contributed by atoms with Gasteiger partial charge in [0, 0.05) is 28.6 Å². The third kappa shape index (κ3) is 6.90. The first kappa shape index (κ1) is 25.4. The van der Waals surface area contributed by atoms with Gasteiger partial charge in [-0.3, -0.25) is 9.52 Å². The predicted octanol–water partition coefficient (Wildman–Crippen LogP) is 6.07. The molecule has 3 aromatic carbocycles. The molecule has 0 spiro atoms. The molecule has 0 saturated carbocycles. The van der Waals surface area contributed by atoms with Crippen LogP contribution in [0.25, 0.3) is 0 Å². The van der Waals surface area contributed by atoms with Gasteiger partial charge in [-0.2, -0.15) is 11.8 Å². The van der Waals surface area contributed by atoms with Crippen molar-refractivity contribution in [2.45, 2.75) is 24.5 Å². The van der Waals surface area contributed by atoms with Gasteiger partial charge in [0.2, 0.25) is 0 Å². The molecule has 2 N–H and O–H groups in total. The van der Waals surface area contributed by atoms with Gasteiger partial charge in [-0.25, -0.2) is 8.42 Å². The second-order valence-electron chi connectivity index (χ2n) is 7.47. The van der Waals surface area contributed by atoms with Gasteiger partial charge in [-0.1, -0.05) is 59.1 Å². The van der Waals surface area contributed by atoms with Crippen LogP contribution in [0.5, 0.6) is 0 Å². The quantitative estimate of drug-likeness (QED) is 0.334. The molecule has 0 bridgehead atoms. The Morgan fingerprint density at radius 3 is 2.45 bits per heavy atom. The number of benzene rings is 3. The Morgan fingerprint density at radius 1 is 0.970 bits per heavy atom. The third-order valence-electron chi connectivity index (χ3n) is 4.86. The molecule has 0 aromatic heterocycles. The van der Waals surface area contributed by atoms with E-state index in [1.54, 1.807) is 17.8 Å². The molecule has 5 nitrogen and oxygen atoms in total. The number of hydrogen-bond donors (Lipinski definition) is 2. The molecule has 0 aliphatic carbocycles. The smallest absolute Gasteiger partial charge is 0.263 e. The van der Waals surface area contributed by atoms with Crippen LogP contribution in [0.1, 0.15) is 27.0 Å². The van der Waals surface area contributed by atoms with Gasteiger partial charge in [0.1, 0.15) is 4.90 Å². The molecule has 0 aliphatic heterocycles. The lowest BCUT2D eigenvalue weighted by Crippen LogP contribution is -2.26. The molecule has 174 valence electrons. The number of amides is 1. The highest BCUT2D eigenvalue weighted by Gasteiger charge is 2.21. The monoisotopic (exact) mass is 522 g/mol. The van der Waals surface area contributed by atoms with Crippen molar-refractivity contribution in [2.24, 2.45) is 0 Å². The highest BCUT2D eigenvalue weighted by atomic mass is 35.5. The van der Waals surface area contributed by atoms with Crippen LogP contribution in [0.15, 0.2) is 65.6 Å². The van der Waals surface area contributed by atoms with Gasteiger partial charge in [0.05, 0.1) is 10.7 Å². The van der Waals surface area contributed by atoms with Crippen molar-refractivity contribution in [3.63, 3.8) is 0 Å². The van der Waals surface area contributed by atoms with E-state index in [1.807, 2.05) is 50.2 Å². The summed E-state index contributed by atoms with van der Waals surface area (Å²) in [5.41, 5.74) is 3.54. The highest BCUT2D eigenvalue weighted by Crippen LogP contribution is 2.27. The first-order valence-corrected chi connectivity index (χ1v) is 13.6. The maximum atomic E-state index is 13.0. The molecular formula is C24H24Cl2N2O3S2. The number of hydrogen-bond acceptors (Lipinski definition) is 4. The molecule has 0 saturated heterocycles. The molecule has 0 unspecified atom stereocenters. The number of aryl methyl sites for hydroxylation is 2. The summed E-state index contributed by atoms with van der Waals surface area (Å²) < 4.78 is 28.5. The minimum absolute atomic E-state index is 0.0408. The first-order valence-electron chi connectivity index (χ1n) is 10.2. The number of nitrogens with one attached hydrogen (secondary N) is 2. The number of rotatable bonds is 9. The average molecular weight is 524 g/mol. The number of sulfonamides is 1. The minimum Gasteiger partial charge on any atom is -0.351 e. The van der Waals surface area contributed by atoms with Crippen molar-refractivity contribution in [2.75, 3.05) is 17.0 Å². The van der Waals surface area contributed by atoms with Crippen LogP contribution in [0.2, 0.25) is 10.0 Å². The summed E-state index contributed by atoms with van der Waals surface area (Å²) in [5, 5.41) is 3.57. The number of carbonyl (C=O) groups excluding carboxylic acids is 1. The van der Waals surface area contributed by atoms with E-state index in [0.717, 1.165) is 27.5 Å². The van der Waals surface area contributed by atoms with Crippen LogP contribution in [0.4, 0.5) is 5.69 Å². The molecule has 1 amide bonds. The van der Waals surface area contributed by atoms with Crippen LogP contribution in [-0.4, -0.2) is 26.6 Å². The molecule has 3 rings (SSSR count). The summed E-state index contributed by atoms with van der Waals surface area (Å²) in [6.45, 7) is 4.18. The predicted molar refractivity (Wildman–Crippen MR) is 138 cm³/mol. The molecule has 3 aromatic rings. The topological polar surface area (TPSA) is 75.3 Å². The Bertz CT molecular complexity index is 1260. The summed E-state index contributed by atoms with van der Waals surface area (Å²) in [4.78, 5) is 12.4. The van der Waals surface area contributed by atoms with Crippen molar-refractivity contribution >= 4 is 56.6 Å². The van der Waals surface area contributed by atoms with E-state index in [0.29, 0.717) is 18.0 Å². The summed E-state index contributed by atoms with van der Waals surface area (Å²) >= 11 is 14.0. The van der Waals surface area contributed by atoms with Crippen molar-refractivity contribution in [1.29, 1.82) is 0 Å². The SMILES string of the molecule is Cc1ccc(NS(=O)(=O)c2cc(C(=O)NCCSCc3ccccc3Cl)ccc2Cl)c(C)c1. The molecule has 9 heteroatoms. The number of anilines is 1. The van der Waals surface area contributed by atoms with E-state index in [4.69, 9.17) is 23.2 Å². The lowest BCUT2D eigenvalue weighted by molar-refractivity contribution is 0.0956. The summed E-state index contributed by atoms with van der Waals surface area (Å²) in [6, 6.07) is 17.3. The summed E-state index contributed by atoms with van der Waals surface area (Å²) in [5.74, 6) is 1.06. The van der Waals surface area contributed by atoms with E-state index >= 15 is 0 Å². The first-order chi connectivity index (χ1) is 15.7. The zero-order chi connectivity index (χ0) is 24.0. The van der Waals surface area contributed by atoms with Crippen molar-refractivity contribution in [3.8, 4) is 0 Å². The van der Waals surface area contributed by atoms with Crippen LogP contribution in [0, 0.1) is 13.8 Å². The van der Waals surface area contributed by atoms with E-state index in [9.17, 15) is 13.2 Å². The summed E-state index contributed by atoms with van der Waals surface area (Å²) in [7, 11) is -3.98. The van der Waals surface area contributed by atoms with E-state index in [2.05, 4.69) is 10.0 Å². The van der Waals surface area contributed by atoms with Crippen LogP contribution < -0.4 is 10.0 Å². The zero-order valence-corrected chi connectivity index (χ0v) is 21.3. The van der Waals surface area contributed by atoms with Crippen LogP contribution in [0.3, 0.4) is 0 Å². The Labute approximate surface area is 208 Å². The Hall–Kier alpha value is -2.19. The molecule has 0 radical (unpaired) electrons. The van der Waals surface area contributed by atoms with Gasteiger partial charge in [-0.05, 0) is 55.3 Å². The third-order valence-corrected chi connectivity index (χ3v) is 8.08. The lowest BCUT2D eigenvalue weighted by Gasteiger charge is -2.13. The van der Waals surface area contributed by atoms with E-state index < -0.39 is 10.0 Å². The lowest BCUT2D eigenvalue weighted by atomic mass is 10.1. The molecular weight excluding hydrogens is 499 g/mol. The van der Waals surface area contributed by atoms with Gasteiger partial charge < -0.3 is 5.32 Å².